The monoisotopic (exact) mass is 398 g/mol. The van der Waals surface area contributed by atoms with Crippen LogP contribution in [0, 0.1) is 6.92 Å². The molecule has 0 fully saturated rings. The van der Waals surface area contributed by atoms with Crippen LogP contribution in [0.3, 0.4) is 0 Å². The number of carbonyl (C=O) groups excluding carboxylic acids is 1. The van der Waals surface area contributed by atoms with Gasteiger partial charge in [-0.1, -0.05) is 60.7 Å². The molecular weight excluding hydrogens is 376 g/mol. The van der Waals surface area contributed by atoms with E-state index in [0.717, 1.165) is 22.4 Å². The van der Waals surface area contributed by atoms with Gasteiger partial charge in [-0.2, -0.15) is 0 Å². The standard InChI is InChI=1S/C25H22N2O3/c1-17-22(27-25(30-17)20-11-7-4-8-12-20)24(28)26-23(18-9-5-3-6-10-18)19-13-15-21(29-2)16-14-19/h3-16,23H,1-2H3,(H,26,28). The maximum Gasteiger partial charge on any atom is 0.274 e. The topological polar surface area (TPSA) is 64.4 Å². The van der Waals surface area contributed by atoms with Gasteiger partial charge in [-0.3, -0.25) is 4.79 Å². The zero-order chi connectivity index (χ0) is 20.9. The van der Waals surface area contributed by atoms with Gasteiger partial charge in [0.05, 0.1) is 13.2 Å². The summed E-state index contributed by atoms with van der Waals surface area (Å²) in [6.45, 7) is 1.75. The first-order valence-electron chi connectivity index (χ1n) is 9.68. The SMILES string of the molecule is COc1ccc(C(NC(=O)c2nc(-c3ccccc3)oc2C)c2ccccc2)cc1. The summed E-state index contributed by atoms with van der Waals surface area (Å²) in [5.74, 6) is 1.38. The van der Waals surface area contributed by atoms with Crippen molar-refractivity contribution < 1.29 is 13.9 Å². The van der Waals surface area contributed by atoms with Crippen molar-refractivity contribution in [2.24, 2.45) is 0 Å². The lowest BCUT2D eigenvalue weighted by molar-refractivity contribution is 0.0937. The third-order valence-corrected chi connectivity index (χ3v) is 4.89. The van der Waals surface area contributed by atoms with Crippen molar-refractivity contribution in [3.05, 3.63) is 108 Å². The maximum absolute atomic E-state index is 13.1. The Kier molecular flexibility index (Phi) is 5.61. The van der Waals surface area contributed by atoms with Crippen LogP contribution in [0.4, 0.5) is 0 Å². The minimum atomic E-state index is -0.333. The summed E-state index contributed by atoms with van der Waals surface area (Å²) in [5, 5.41) is 3.11. The lowest BCUT2D eigenvalue weighted by Gasteiger charge is -2.19. The molecule has 5 nitrogen and oxygen atoms in total. The molecule has 0 aliphatic carbocycles. The van der Waals surface area contributed by atoms with Crippen LogP contribution in [0.15, 0.2) is 89.3 Å². The van der Waals surface area contributed by atoms with Crippen LogP contribution in [0.1, 0.15) is 33.4 Å². The van der Waals surface area contributed by atoms with E-state index in [0.29, 0.717) is 11.7 Å². The second-order valence-corrected chi connectivity index (χ2v) is 6.88. The Bertz CT molecular complexity index is 1120. The van der Waals surface area contributed by atoms with E-state index in [1.54, 1.807) is 14.0 Å². The summed E-state index contributed by atoms with van der Waals surface area (Å²) in [6.07, 6.45) is 0. The summed E-state index contributed by atoms with van der Waals surface area (Å²) < 4.78 is 11.0. The molecule has 150 valence electrons. The zero-order valence-electron chi connectivity index (χ0n) is 16.8. The fourth-order valence-corrected chi connectivity index (χ4v) is 3.31. The first-order valence-corrected chi connectivity index (χ1v) is 9.68. The van der Waals surface area contributed by atoms with Gasteiger partial charge >= 0.3 is 0 Å². The third-order valence-electron chi connectivity index (χ3n) is 4.89. The van der Waals surface area contributed by atoms with Gasteiger partial charge in [0.25, 0.3) is 5.91 Å². The van der Waals surface area contributed by atoms with E-state index in [2.05, 4.69) is 10.3 Å². The van der Waals surface area contributed by atoms with Crippen LogP contribution < -0.4 is 10.1 Å². The molecule has 0 spiro atoms. The summed E-state index contributed by atoms with van der Waals surface area (Å²) in [5.41, 5.74) is 3.03. The van der Waals surface area contributed by atoms with E-state index in [-0.39, 0.29) is 17.6 Å². The molecule has 1 atom stereocenters. The molecule has 4 rings (SSSR count). The quantitative estimate of drug-likeness (QED) is 0.486. The molecule has 5 heteroatoms. The fourth-order valence-electron chi connectivity index (χ4n) is 3.31. The molecule has 0 saturated carbocycles. The minimum Gasteiger partial charge on any atom is -0.497 e. The average molecular weight is 398 g/mol. The number of benzene rings is 3. The zero-order valence-corrected chi connectivity index (χ0v) is 16.8. The first-order chi connectivity index (χ1) is 14.7. The molecule has 1 aromatic heterocycles. The van der Waals surface area contributed by atoms with Gasteiger partial charge in [0, 0.05) is 5.56 Å². The molecule has 30 heavy (non-hydrogen) atoms. The first kappa shape index (κ1) is 19.5. The summed E-state index contributed by atoms with van der Waals surface area (Å²) >= 11 is 0. The van der Waals surface area contributed by atoms with Crippen molar-refractivity contribution in [3.8, 4) is 17.2 Å². The Labute approximate surface area is 175 Å². The number of ether oxygens (including phenoxy) is 1. The summed E-state index contributed by atoms with van der Waals surface area (Å²) in [7, 11) is 1.63. The number of oxazole rings is 1. The van der Waals surface area contributed by atoms with Crippen LogP contribution in [0.5, 0.6) is 5.75 Å². The highest BCUT2D eigenvalue weighted by molar-refractivity contribution is 5.94. The van der Waals surface area contributed by atoms with Gasteiger partial charge in [-0.05, 0) is 42.3 Å². The van der Waals surface area contributed by atoms with Crippen LogP contribution in [-0.2, 0) is 0 Å². The second-order valence-electron chi connectivity index (χ2n) is 6.88. The average Bonchev–Trinajstić information content (AvgIpc) is 3.20. The Balaban J connectivity index is 1.64. The molecule has 0 saturated heterocycles. The highest BCUT2D eigenvalue weighted by atomic mass is 16.5. The molecule has 1 N–H and O–H groups in total. The van der Waals surface area contributed by atoms with E-state index in [4.69, 9.17) is 9.15 Å². The Morgan fingerprint density at radius 2 is 1.50 bits per heavy atom. The van der Waals surface area contributed by atoms with Crippen molar-refractivity contribution in [1.29, 1.82) is 0 Å². The van der Waals surface area contributed by atoms with Gasteiger partial charge in [0.15, 0.2) is 5.69 Å². The normalized spacial score (nSPS) is 11.7. The Hall–Kier alpha value is -3.86. The number of hydrogen-bond acceptors (Lipinski definition) is 4. The van der Waals surface area contributed by atoms with E-state index < -0.39 is 0 Å². The predicted octanol–water partition coefficient (Wildman–Crippen LogP) is 5.18. The predicted molar refractivity (Wildman–Crippen MR) is 115 cm³/mol. The Morgan fingerprint density at radius 1 is 0.900 bits per heavy atom. The van der Waals surface area contributed by atoms with Gasteiger partial charge < -0.3 is 14.5 Å². The van der Waals surface area contributed by atoms with Crippen LogP contribution in [0.25, 0.3) is 11.5 Å². The number of methoxy groups -OCH3 is 1. The molecular formula is C25H22N2O3. The number of rotatable bonds is 6. The largest absolute Gasteiger partial charge is 0.497 e. The van der Waals surface area contributed by atoms with Gasteiger partial charge in [-0.25, -0.2) is 4.98 Å². The number of carbonyl (C=O) groups is 1. The van der Waals surface area contributed by atoms with Crippen LogP contribution in [-0.4, -0.2) is 18.0 Å². The molecule has 1 unspecified atom stereocenters. The highest BCUT2D eigenvalue weighted by Gasteiger charge is 2.23. The highest BCUT2D eigenvalue weighted by Crippen LogP contribution is 2.26. The van der Waals surface area contributed by atoms with E-state index >= 15 is 0 Å². The number of amides is 1. The number of nitrogens with one attached hydrogen (secondary N) is 1. The van der Waals surface area contributed by atoms with Gasteiger partial charge in [0.1, 0.15) is 11.5 Å². The molecule has 3 aromatic carbocycles. The molecule has 1 heterocycles. The lowest BCUT2D eigenvalue weighted by Crippen LogP contribution is -2.30. The summed E-state index contributed by atoms with van der Waals surface area (Å²) in [4.78, 5) is 17.6. The van der Waals surface area contributed by atoms with Gasteiger partial charge in [0.2, 0.25) is 5.89 Å². The van der Waals surface area contributed by atoms with Crippen molar-refractivity contribution in [2.75, 3.05) is 7.11 Å². The van der Waals surface area contributed by atoms with Crippen molar-refractivity contribution in [1.82, 2.24) is 10.3 Å². The molecule has 0 aliphatic heterocycles. The third kappa shape index (κ3) is 4.10. The molecule has 4 aromatic rings. The van der Waals surface area contributed by atoms with E-state index in [1.165, 1.54) is 0 Å². The van der Waals surface area contributed by atoms with E-state index in [1.807, 2.05) is 84.9 Å². The van der Waals surface area contributed by atoms with Crippen LogP contribution in [0.2, 0.25) is 0 Å². The molecule has 1 amide bonds. The van der Waals surface area contributed by atoms with Gasteiger partial charge in [-0.15, -0.1) is 0 Å². The minimum absolute atomic E-state index is 0.281. The van der Waals surface area contributed by atoms with Crippen molar-refractivity contribution in [2.45, 2.75) is 13.0 Å². The fraction of sp³-hybridized carbons (Fsp3) is 0.120. The summed E-state index contributed by atoms with van der Waals surface area (Å²) in [6, 6.07) is 26.7. The molecule has 0 aliphatic rings. The van der Waals surface area contributed by atoms with Crippen molar-refractivity contribution >= 4 is 5.91 Å². The molecule has 0 bridgehead atoms. The van der Waals surface area contributed by atoms with Crippen LogP contribution >= 0.6 is 0 Å². The number of hydrogen-bond donors (Lipinski definition) is 1. The second kappa shape index (κ2) is 8.66. The maximum atomic E-state index is 13.1. The van der Waals surface area contributed by atoms with Crippen molar-refractivity contribution in [3.63, 3.8) is 0 Å². The van der Waals surface area contributed by atoms with E-state index in [9.17, 15) is 4.79 Å². The number of aromatic nitrogens is 1. The smallest absolute Gasteiger partial charge is 0.274 e. The number of aryl methyl sites for hydroxylation is 1. The molecule has 0 radical (unpaired) electrons. The number of nitrogens with zero attached hydrogens (tertiary/aromatic N) is 1. The Morgan fingerprint density at radius 3 is 2.13 bits per heavy atom. The lowest BCUT2D eigenvalue weighted by atomic mass is 9.98.